The van der Waals surface area contributed by atoms with Gasteiger partial charge in [0.05, 0.1) is 0 Å². The highest BCUT2D eigenvalue weighted by atomic mass is 28.2. The quantitative estimate of drug-likeness (QED) is 0.479. The van der Waals surface area contributed by atoms with Crippen molar-refractivity contribution in [1.82, 2.24) is 0 Å². The number of hydrogen-bond donors (Lipinski definition) is 0. The van der Waals surface area contributed by atoms with Gasteiger partial charge >= 0.3 is 0 Å². The summed E-state index contributed by atoms with van der Waals surface area (Å²) in [6.07, 6.45) is 5.40. The van der Waals surface area contributed by atoms with Crippen molar-refractivity contribution in [3.8, 4) is 12.3 Å². The van der Waals surface area contributed by atoms with Gasteiger partial charge in [-0.1, -0.05) is 36.3 Å². The molecular formula is C10H12OSi. The molecule has 0 saturated carbocycles. The van der Waals surface area contributed by atoms with Gasteiger partial charge < -0.3 is 4.43 Å². The summed E-state index contributed by atoms with van der Waals surface area (Å²) in [6.45, 7) is 1.91. The first kappa shape index (κ1) is 9.05. The minimum Gasteiger partial charge on any atom is -0.409 e. The molecule has 1 aromatic carbocycles. The molecule has 1 atom stereocenters. The SMILES string of the molecule is C#CC(C)(O[SiH3])c1ccccc1. The first-order chi connectivity index (χ1) is 5.73. The Bertz CT molecular complexity index is 288. The van der Waals surface area contributed by atoms with Crippen LogP contribution in [0.15, 0.2) is 30.3 Å². The van der Waals surface area contributed by atoms with Crippen molar-refractivity contribution in [3.05, 3.63) is 35.9 Å². The molecule has 62 valence electrons. The van der Waals surface area contributed by atoms with E-state index in [-0.39, 0.29) is 0 Å². The molecule has 1 nitrogen and oxygen atoms in total. The second kappa shape index (κ2) is 3.57. The molecule has 0 saturated heterocycles. The molecule has 0 fully saturated rings. The topological polar surface area (TPSA) is 9.23 Å². The van der Waals surface area contributed by atoms with Crippen molar-refractivity contribution >= 4 is 10.5 Å². The Morgan fingerprint density at radius 1 is 1.42 bits per heavy atom. The van der Waals surface area contributed by atoms with Crippen molar-refractivity contribution in [3.63, 3.8) is 0 Å². The van der Waals surface area contributed by atoms with Gasteiger partial charge in [-0.2, -0.15) is 0 Å². The van der Waals surface area contributed by atoms with Crippen molar-refractivity contribution < 1.29 is 4.43 Å². The van der Waals surface area contributed by atoms with Crippen LogP contribution in [0.25, 0.3) is 0 Å². The van der Waals surface area contributed by atoms with Crippen LogP contribution in [0, 0.1) is 12.3 Å². The van der Waals surface area contributed by atoms with Crippen molar-refractivity contribution in [2.45, 2.75) is 12.5 Å². The second-order valence-electron chi connectivity index (χ2n) is 2.75. The average molecular weight is 176 g/mol. The lowest BCUT2D eigenvalue weighted by Gasteiger charge is -2.22. The molecule has 2 heteroatoms. The predicted molar refractivity (Wildman–Crippen MR) is 53.7 cm³/mol. The minimum absolute atomic E-state index is 0.534. The molecule has 12 heavy (non-hydrogen) atoms. The van der Waals surface area contributed by atoms with Crippen molar-refractivity contribution in [2.75, 3.05) is 0 Å². The summed E-state index contributed by atoms with van der Waals surface area (Å²) in [5, 5.41) is 0. The summed E-state index contributed by atoms with van der Waals surface area (Å²) in [5.41, 5.74) is 0.510. The van der Waals surface area contributed by atoms with E-state index in [4.69, 9.17) is 10.8 Å². The molecule has 0 aliphatic carbocycles. The maximum atomic E-state index is 5.40. The predicted octanol–water partition coefficient (Wildman–Crippen LogP) is 0.832. The van der Waals surface area contributed by atoms with Crippen LogP contribution in [-0.4, -0.2) is 10.5 Å². The van der Waals surface area contributed by atoms with Crippen molar-refractivity contribution in [2.24, 2.45) is 0 Å². The van der Waals surface area contributed by atoms with Crippen LogP contribution < -0.4 is 0 Å². The zero-order chi connectivity index (χ0) is 9.03. The molecule has 1 unspecified atom stereocenters. The van der Waals surface area contributed by atoms with Gasteiger partial charge in [0, 0.05) is 0 Å². The van der Waals surface area contributed by atoms with E-state index in [0.29, 0.717) is 10.5 Å². The van der Waals surface area contributed by atoms with E-state index < -0.39 is 5.60 Å². The van der Waals surface area contributed by atoms with E-state index in [2.05, 4.69) is 5.92 Å². The van der Waals surface area contributed by atoms with Crippen LogP contribution in [0.1, 0.15) is 12.5 Å². The molecule has 0 aromatic heterocycles. The van der Waals surface area contributed by atoms with Gasteiger partial charge in [0.25, 0.3) is 0 Å². The first-order valence-corrected chi connectivity index (χ1v) is 4.63. The van der Waals surface area contributed by atoms with E-state index in [9.17, 15) is 0 Å². The summed E-state index contributed by atoms with van der Waals surface area (Å²) in [7, 11) is 0.649. The van der Waals surface area contributed by atoms with Gasteiger partial charge in [-0.15, -0.1) is 6.42 Å². The first-order valence-electron chi connectivity index (χ1n) is 3.81. The summed E-state index contributed by atoms with van der Waals surface area (Å²) >= 11 is 0. The van der Waals surface area contributed by atoms with E-state index >= 15 is 0 Å². The third-order valence-electron chi connectivity index (χ3n) is 2.01. The van der Waals surface area contributed by atoms with E-state index in [1.165, 1.54) is 0 Å². The fourth-order valence-corrected chi connectivity index (χ4v) is 1.37. The Balaban J connectivity index is 3.06. The second-order valence-corrected chi connectivity index (χ2v) is 3.16. The molecule has 0 bridgehead atoms. The van der Waals surface area contributed by atoms with Gasteiger partial charge in [-0.05, 0) is 12.5 Å². The van der Waals surface area contributed by atoms with Crippen LogP contribution in [-0.2, 0) is 10.0 Å². The van der Waals surface area contributed by atoms with Gasteiger partial charge in [0.1, 0.15) is 16.1 Å². The van der Waals surface area contributed by atoms with E-state index in [0.717, 1.165) is 5.56 Å². The van der Waals surface area contributed by atoms with Crippen LogP contribution in [0.5, 0.6) is 0 Å². The molecule has 0 aliphatic rings. The Hall–Kier alpha value is -1.04. The summed E-state index contributed by atoms with van der Waals surface area (Å²) < 4.78 is 5.38. The number of benzene rings is 1. The Morgan fingerprint density at radius 3 is 2.42 bits per heavy atom. The van der Waals surface area contributed by atoms with E-state index in [1.54, 1.807) is 0 Å². The molecule has 0 amide bonds. The Kier molecular flexibility index (Phi) is 2.69. The maximum absolute atomic E-state index is 5.40. The van der Waals surface area contributed by atoms with Gasteiger partial charge in [-0.3, -0.25) is 0 Å². The molecule has 0 radical (unpaired) electrons. The minimum atomic E-state index is -0.534. The molecule has 0 heterocycles. The highest BCUT2D eigenvalue weighted by molar-refractivity contribution is 5.98. The number of rotatable bonds is 2. The van der Waals surface area contributed by atoms with E-state index in [1.807, 2.05) is 37.3 Å². The zero-order valence-corrected chi connectivity index (χ0v) is 9.37. The Morgan fingerprint density at radius 2 is 2.00 bits per heavy atom. The van der Waals surface area contributed by atoms with Gasteiger partial charge in [0.15, 0.2) is 0 Å². The number of hydrogen-bond acceptors (Lipinski definition) is 1. The third-order valence-corrected chi connectivity index (χ3v) is 2.82. The lowest BCUT2D eigenvalue weighted by Crippen LogP contribution is -2.22. The van der Waals surface area contributed by atoms with Crippen molar-refractivity contribution in [1.29, 1.82) is 0 Å². The lowest BCUT2D eigenvalue weighted by atomic mass is 9.97. The Labute approximate surface area is 76.3 Å². The maximum Gasteiger partial charge on any atom is 0.148 e. The molecule has 0 spiro atoms. The molecule has 1 aromatic rings. The van der Waals surface area contributed by atoms with Gasteiger partial charge in [0.2, 0.25) is 0 Å². The summed E-state index contributed by atoms with van der Waals surface area (Å²) in [6, 6.07) is 9.86. The van der Waals surface area contributed by atoms with Crippen LogP contribution in [0.2, 0.25) is 0 Å². The fraction of sp³-hybridized carbons (Fsp3) is 0.200. The zero-order valence-electron chi connectivity index (χ0n) is 7.37. The van der Waals surface area contributed by atoms with Gasteiger partial charge in [-0.25, -0.2) is 0 Å². The van der Waals surface area contributed by atoms with Crippen LogP contribution in [0.3, 0.4) is 0 Å². The molecule has 0 N–H and O–H groups in total. The summed E-state index contributed by atoms with van der Waals surface area (Å²) in [4.78, 5) is 0. The lowest BCUT2D eigenvalue weighted by molar-refractivity contribution is 0.170. The highest BCUT2D eigenvalue weighted by Crippen LogP contribution is 2.22. The summed E-state index contributed by atoms with van der Waals surface area (Å²) in [5.74, 6) is 2.66. The van der Waals surface area contributed by atoms with Crippen LogP contribution >= 0.6 is 0 Å². The fourth-order valence-electron chi connectivity index (χ4n) is 1.02. The third kappa shape index (κ3) is 1.58. The number of terminal acetylenes is 1. The molecule has 1 rings (SSSR count). The monoisotopic (exact) mass is 176 g/mol. The normalized spacial score (nSPS) is 15.0. The molecule has 0 aliphatic heterocycles. The highest BCUT2D eigenvalue weighted by Gasteiger charge is 2.21. The largest absolute Gasteiger partial charge is 0.409 e. The standard InChI is InChI=1S/C10H12OSi/c1-3-10(2,11-12)9-7-5-4-6-8-9/h1,4-8H,2,12H3. The molecular weight excluding hydrogens is 164 g/mol. The smallest absolute Gasteiger partial charge is 0.148 e. The van der Waals surface area contributed by atoms with Crippen LogP contribution in [0.4, 0.5) is 0 Å². The average Bonchev–Trinajstić information content (AvgIpc) is 2.18.